The van der Waals surface area contributed by atoms with Gasteiger partial charge >= 0.3 is 0 Å². The normalized spacial score (nSPS) is 20.8. The molecule has 1 aromatic heterocycles. The van der Waals surface area contributed by atoms with E-state index in [1.165, 1.54) is 11.8 Å². The molecule has 8 heteroatoms. The lowest BCUT2D eigenvalue weighted by Gasteiger charge is -2.36. The highest BCUT2D eigenvalue weighted by Crippen LogP contribution is 2.21. The number of carbonyl (C=O) groups excluding carboxylic acids is 1. The Bertz CT molecular complexity index is 510. The van der Waals surface area contributed by atoms with E-state index in [1.54, 1.807) is 6.33 Å². The Labute approximate surface area is 141 Å². The van der Waals surface area contributed by atoms with Crippen molar-refractivity contribution >= 4 is 17.7 Å². The lowest BCUT2D eigenvalue weighted by atomic mass is 9.96. The Kier molecular flexibility index (Phi) is 5.91. The summed E-state index contributed by atoms with van der Waals surface area (Å²) in [6, 6.07) is 0. The molecule has 2 fully saturated rings. The molecule has 128 valence electrons. The van der Waals surface area contributed by atoms with E-state index in [1.807, 2.05) is 16.5 Å². The summed E-state index contributed by atoms with van der Waals surface area (Å²) in [5.41, 5.74) is 0. The van der Waals surface area contributed by atoms with Gasteiger partial charge < -0.3 is 14.2 Å². The molecule has 3 rings (SSSR count). The van der Waals surface area contributed by atoms with Crippen molar-refractivity contribution in [3.8, 4) is 0 Å². The highest BCUT2D eigenvalue weighted by atomic mass is 32.2. The van der Waals surface area contributed by atoms with Crippen LogP contribution in [0.5, 0.6) is 0 Å². The maximum absolute atomic E-state index is 12.3. The van der Waals surface area contributed by atoms with Crippen molar-refractivity contribution in [3.05, 3.63) is 6.33 Å². The summed E-state index contributed by atoms with van der Waals surface area (Å²) in [5, 5.41) is 8.62. The number of carbonyl (C=O) groups is 1. The van der Waals surface area contributed by atoms with E-state index in [0.717, 1.165) is 63.9 Å². The topological polar surface area (TPSA) is 63.5 Å². The predicted molar refractivity (Wildman–Crippen MR) is 88.3 cm³/mol. The van der Waals surface area contributed by atoms with Crippen LogP contribution in [0.2, 0.25) is 0 Å². The maximum Gasteiger partial charge on any atom is 0.233 e. The van der Waals surface area contributed by atoms with Crippen molar-refractivity contribution in [1.82, 2.24) is 24.6 Å². The van der Waals surface area contributed by atoms with Crippen molar-refractivity contribution in [3.63, 3.8) is 0 Å². The van der Waals surface area contributed by atoms with E-state index in [4.69, 9.17) is 4.74 Å². The molecule has 0 aliphatic carbocycles. The molecular formula is C15H25N5O2S. The van der Waals surface area contributed by atoms with Crippen LogP contribution in [0.25, 0.3) is 0 Å². The van der Waals surface area contributed by atoms with Crippen LogP contribution < -0.4 is 0 Å². The average molecular weight is 339 g/mol. The van der Waals surface area contributed by atoms with Gasteiger partial charge in [0.05, 0.1) is 19.0 Å². The number of nitrogens with zero attached hydrogens (tertiary/aromatic N) is 5. The summed E-state index contributed by atoms with van der Waals surface area (Å²) in [6.45, 7) is 6.73. The number of ether oxygens (including phenoxy) is 1. The van der Waals surface area contributed by atoms with E-state index in [-0.39, 0.29) is 5.91 Å². The molecule has 0 radical (unpaired) electrons. The molecular weight excluding hydrogens is 314 g/mol. The molecule has 0 bridgehead atoms. The Morgan fingerprint density at radius 1 is 1.30 bits per heavy atom. The molecule has 3 heterocycles. The third kappa shape index (κ3) is 4.68. The molecule has 0 N–H and O–H groups in total. The molecule has 2 aliphatic heterocycles. The maximum atomic E-state index is 12.3. The van der Waals surface area contributed by atoms with Gasteiger partial charge in [0.15, 0.2) is 5.16 Å². The zero-order valence-corrected chi connectivity index (χ0v) is 14.5. The second kappa shape index (κ2) is 8.12. The van der Waals surface area contributed by atoms with Crippen LogP contribution in [0.4, 0.5) is 0 Å². The molecule has 0 aromatic carbocycles. The van der Waals surface area contributed by atoms with E-state index in [9.17, 15) is 4.79 Å². The SMILES string of the molecule is Cn1cnnc1SCC(=O)N1CCC(CN2CCOCC2)CC1. The zero-order valence-electron chi connectivity index (χ0n) is 13.7. The third-order valence-electron chi connectivity index (χ3n) is 4.58. The van der Waals surface area contributed by atoms with Gasteiger partial charge in [-0.25, -0.2) is 0 Å². The summed E-state index contributed by atoms with van der Waals surface area (Å²) in [7, 11) is 1.89. The standard InChI is InChI=1S/C15H25N5O2S/c1-18-12-16-17-15(18)23-11-14(21)20-4-2-13(3-5-20)10-19-6-8-22-9-7-19/h12-13H,2-11H2,1H3. The summed E-state index contributed by atoms with van der Waals surface area (Å²) in [4.78, 5) is 16.8. The molecule has 0 atom stereocenters. The van der Waals surface area contributed by atoms with E-state index >= 15 is 0 Å². The van der Waals surface area contributed by atoms with Crippen LogP contribution in [0, 0.1) is 5.92 Å². The first kappa shape index (κ1) is 16.7. The van der Waals surface area contributed by atoms with Crippen molar-refractivity contribution in [2.45, 2.75) is 18.0 Å². The smallest absolute Gasteiger partial charge is 0.233 e. The van der Waals surface area contributed by atoms with Gasteiger partial charge in [-0.3, -0.25) is 9.69 Å². The quantitative estimate of drug-likeness (QED) is 0.727. The Morgan fingerprint density at radius 3 is 2.70 bits per heavy atom. The number of morpholine rings is 1. The van der Waals surface area contributed by atoms with Crippen LogP contribution in [0.1, 0.15) is 12.8 Å². The predicted octanol–water partition coefficient (Wildman–Crippen LogP) is 0.478. The Hall–Kier alpha value is -1.12. The summed E-state index contributed by atoms with van der Waals surface area (Å²) < 4.78 is 7.23. The number of hydrogen-bond acceptors (Lipinski definition) is 6. The number of aromatic nitrogens is 3. The summed E-state index contributed by atoms with van der Waals surface area (Å²) >= 11 is 1.46. The minimum absolute atomic E-state index is 0.211. The monoisotopic (exact) mass is 339 g/mol. The average Bonchev–Trinajstić information content (AvgIpc) is 2.99. The Morgan fingerprint density at radius 2 is 2.04 bits per heavy atom. The molecule has 0 spiro atoms. The molecule has 2 saturated heterocycles. The van der Waals surface area contributed by atoms with Crippen molar-refractivity contribution < 1.29 is 9.53 Å². The van der Waals surface area contributed by atoms with E-state index in [0.29, 0.717) is 11.7 Å². The van der Waals surface area contributed by atoms with Gasteiger partial charge in [-0.15, -0.1) is 10.2 Å². The lowest BCUT2D eigenvalue weighted by Crippen LogP contribution is -2.44. The van der Waals surface area contributed by atoms with E-state index in [2.05, 4.69) is 15.1 Å². The number of thioether (sulfide) groups is 1. The fourth-order valence-electron chi connectivity index (χ4n) is 3.13. The van der Waals surface area contributed by atoms with Crippen molar-refractivity contribution in [2.24, 2.45) is 13.0 Å². The van der Waals surface area contributed by atoms with Crippen LogP contribution in [-0.4, -0.2) is 82.2 Å². The number of piperidine rings is 1. The van der Waals surface area contributed by atoms with Gasteiger partial charge in [0.1, 0.15) is 6.33 Å². The second-order valence-corrected chi connectivity index (χ2v) is 7.19. The molecule has 2 aliphatic rings. The molecule has 23 heavy (non-hydrogen) atoms. The number of rotatable bonds is 5. The third-order valence-corrected chi connectivity index (χ3v) is 5.60. The van der Waals surface area contributed by atoms with Gasteiger partial charge in [-0.05, 0) is 18.8 Å². The molecule has 1 amide bonds. The largest absolute Gasteiger partial charge is 0.379 e. The number of hydrogen-bond donors (Lipinski definition) is 0. The van der Waals surface area contributed by atoms with Gasteiger partial charge in [-0.2, -0.15) is 0 Å². The van der Waals surface area contributed by atoms with Gasteiger partial charge in [0.25, 0.3) is 0 Å². The van der Waals surface area contributed by atoms with E-state index < -0.39 is 0 Å². The van der Waals surface area contributed by atoms with Crippen LogP contribution >= 0.6 is 11.8 Å². The number of likely N-dealkylation sites (tertiary alicyclic amines) is 1. The van der Waals surface area contributed by atoms with Crippen molar-refractivity contribution in [2.75, 3.05) is 51.7 Å². The molecule has 1 aromatic rings. The minimum atomic E-state index is 0.211. The lowest BCUT2D eigenvalue weighted by molar-refractivity contribution is -0.129. The van der Waals surface area contributed by atoms with Crippen molar-refractivity contribution in [1.29, 1.82) is 0 Å². The first-order valence-electron chi connectivity index (χ1n) is 8.27. The second-order valence-electron chi connectivity index (χ2n) is 6.25. The zero-order chi connectivity index (χ0) is 16.1. The summed E-state index contributed by atoms with van der Waals surface area (Å²) in [6.07, 6.45) is 3.87. The van der Waals surface area contributed by atoms with Crippen LogP contribution in [-0.2, 0) is 16.6 Å². The highest BCUT2D eigenvalue weighted by molar-refractivity contribution is 7.99. The Balaban J connectivity index is 1.38. The molecule has 0 unspecified atom stereocenters. The fraction of sp³-hybridized carbons (Fsp3) is 0.800. The number of aryl methyl sites for hydroxylation is 1. The molecule has 0 saturated carbocycles. The highest BCUT2D eigenvalue weighted by Gasteiger charge is 2.25. The van der Waals surface area contributed by atoms with Gasteiger partial charge in [-0.1, -0.05) is 11.8 Å². The van der Waals surface area contributed by atoms with Gasteiger partial charge in [0, 0.05) is 39.8 Å². The first-order valence-corrected chi connectivity index (χ1v) is 9.25. The van der Waals surface area contributed by atoms with Gasteiger partial charge in [0.2, 0.25) is 5.91 Å². The summed E-state index contributed by atoms with van der Waals surface area (Å²) in [5.74, 6) is 1.37. The molecule has 7 nitrogen and oxygen atoms in total. The fourth-order valence-corrected chi connectivity index (χ4v) is 3.93. The van der Waals surface area contributed by atoms with Crippen LogP contribution in [0.3, 0.4) is 0 Å². The first-order chi connectivity index (χ1) is 11.2. The van der Waals surface area contributed by atoms with Crippen LogP contribution in [0.15, 0.2) is 11.5 Å². The number of amides is 1. The minimum Gasteiger partial charge on any atom is -0.379 e.